The van der Waals surface area contributed by atoms with Crippen LogP contribution < -0.4 is 10.6 Å². The van der Waals surface area contributed by atoms with Crippen molar-refractivity contribution in [3.8, 4) is 0 Å². The van der Waals surface area contributed by atoms with E-state index in [0.29, 0.717) is 5.69 Å². The number of anilines is 2. The average Bonchev–Trinajstić information content (AvgIpc) is 1.99. The van der Waals surface area contributed by atoms with Crippen molar-refractivity contribution in [1.29, 1.82) is 0 Å². The van der Waals surface area contributed by atoms with Crippen LogP contribution in [0.5, 0.6) is 0 Å². The molecule has 0 spiro atoms. The molecule has 14 heavy (non-hydrogen) atoms. The molecule has 0 radical (unpaired) electrons. The van der Waals surface area contributed by atoms with E-state index in [4.69, 9.17) is 5.73 Å². The lowest BCUT2D eigenvalue weighted by atomic mass is 10.1. The zero-order valence-corrected chi connectivity index (χ0v) is 9.13. The minimum absolute atomic E-state index is 0.0414. The van der Waals surface area contributed by atoms with Crippen LogP contribution in [0.2, 0.25) is 0 Å². The molecule has 3 heteroatoms. The Morgan fingerprint density at radius 3 is 2.21 bits per heavy atom. The van der Waals surface area contributed by atoms with Gasteiger partial charge in [0.05, 0.1) is 0 Å². The summed E-state index contributed by atoms with van der Waals surface area (Å²) >= 11 is 0. The first-order valence-electron chi connectivity index (χ1n) is 4.60. The summed E-state index contributed by atoms with van der Waals surface area (Å²) in [7, 11) is 1.92. The first kappa shape index (κ1) is 10.8. The topological polar surface area (TPSA) is 29.3 Å². The van der Waals surface area contributed by atoms with E-state index in [1.807, 2.05) is 11.9 Å². The van der Waals surface area contributed by atoms with Crippen molar-refractivity contribution >= 4 is 11.4 Å². The number of nitrogens with two attached hydrogens (primary N) is 1. The lowest BCUT2D eigenvalue weighted by Crippen LogP contribution is -2.38. The molecule has 0 saturated heterocycles. The van der Waals surface area contributed by atoms with E-state index in [2.05, 4.69) is 20.8 Å². The van der Waals surface area contributed by atoms with Crippen molar-refractivity contribution in [3.05, 3.63) is 24.0 Å². The normalized spacial score (nSPS) is 11.5. The van der Waals surface area contributed by atoms with Gasteiger partial charge in [0.15, 0.2) is 0 Å². The van der Waals surface area contributed by atoms with Crippen molar-refractivity contribution in [2.75, 3.05) is 17.7 Å². The Labute approximate surface area is 84.5 Å². The molecule has 1 aromatic rings. The van der Waals surface area contributed by atoms with Crippen molar-refractivity contribution in [1.82, 2.24) is 0 Å². The molecule has 0 heterocycles. The summed E-state index contributed by atoms with van der Waals surface area (Å²) in [4.78, 5) is 1.99. The Morgan fingerprint density at radius 2 is 1.79 bits per heavy atom. The highest BCUT2D eigenvalue weighted by molar-refractivity contribution is 5.57. The van der Waals surface area contributed by atoms with Crippen LogP contribution in [-0.4, -0.2) is 12.6 Å². The maximum absolute atomic E-state index is 13.1. The van der Waals surface area contributed by atoms with Crippen LogP contribution in [0.4, 0.5) is 15.8 Å². The highest BCUT2D eigenvalue weighted by atomic mass is 19.1. The molecule has 78 valence electrons. The number of nitrogens with zero attached hydrogens (tertiary/aromatic N) is 1. The smallest absolute Gasteiger partial charge is 0.127 e. The van der Waals surface area contributed by atoms with Gasteiger partial charge >= 0.3 is 0 Å². The second kappa shape index (κ2) is 3.48. The number of halogens is 1. The molecular weight excluding hydrogens is 179 g/mol. The summed E-state index contributed by atoms with van der Waals surface area (Å²) < 4.78 is 13.1. The van der Waals surface area contributed by atoms with Crippen LogP contribution in [0.3, 0.4) is 0 Å². The monoisotopic (exact) mass is 196 g/mol. The van der Waals surface area contributed by atoms with E-state index in [1.54, 1.807) is 6.07 Å². The van der Waals surface area contributed by atoms with Gasteiger partial charge in [-0.2, -0.15) is 0 Å². The number of rotatable bonds is 1. The van der Waals surface area contributed by atoms with Crippen molar-refractivity contribution < 1.29 is 4.39 Å². The second-order valence-electron chi connectivity index (χ2n) is 4.47. The van der Waals surface area contributed by atoms with E-state index in [0.717, 1.165) is 5.69 Å². The molecule has 1 rings (SSSR count). The quantitative estimate of drug-likeness (QED) is 0.700. The first-order chi connectivity index (χ1) is 6.30. The molecule has 0 saturated carbocycles. The fourth-order valence-electron chi connectivity index (χ4n) is 1.18. The van der Waals surface area contributed by atoms with Crippen LogP contribution >= 0.6 is 0 Å². The number of nitrogen functional groups attached to an aromatic ring is 1. The largest absolute Gasteiger partial charge is 0.399 e. The highest BCUT2D eigenvalue weighted by Gasteiger charge is 2.17. The molecule has 1 aromatic carbocycles. The average molecular weight is 196 g/mol. The minimum Gasteiger partial charge on any atom is -0.399 e. The van der Waals surface area contributed by atoms with E-state index >= 15 is 0 Å². The van der Waals surface area contributed by atoms with Crippen LogP contribution in [0.1, 0.15) is 20.8 Å². The van der Waals surface area contributed by atoms with Gasteiger partial charge in [0.2, 0.25) is 0 Å². The maximum atomic E-state index is 13.1. The van der Waals surface area contributed by atoms with Gasteiger partial charge in [-0.1, -0.05) is 0 Å². The summed E-state index contributed by atoms with van der Waals surface area (Å²) in [6, 6.07) is 4.58. The summed E-state index contributed by atoms with van der Waals surface area (Å²) in [6.45, 7) is 6.19. The number of benzene rings is 1. The van der Waals surface area contributed by atoms with Crippen molar-refractivity contribution in [2.24, 2.45) is 0 Å². The molecule has 0 unspecified atom stereocenters. The van der Waals surface area contributed by atoms with Crippen LogP contribution in [-0.2, 0) is 0 Å². The van der Waals surface area contributed by atoms with Crippen molar-refractivity contribution in [3.63, 3.8) is 0 Å². The van der Waals surface area contributed by atoms with Crippen molar-refractivity contribution in [2.45, 2.75) is 26.3 Å². The van der Waals surface area contributed by atoms with Crippen LogP contribution in [0, 0.1) is 5.82 Å². The fourth-order valence-corrected chi connectivity index (χ4v) is 1.18. The van der Waals surface area contributed by atoms with Gasteiger partial charge in [-0.15, -0.1) is 0 Å². The summed E-state index contributed by atoms with van der Waals surface area (Å²) in [5.74, 6) is -0.295. The third-order valence-corrected chi connectivity index (χ3v) is 2.30. The minimum atomic E-state index is -0.295. The standard InChI is InChI=1S/C11H17FN2/c1-11(2,3)14(4)10-6-8(12)5-9(13)7-10/h5-7H,13H2,1-4H3. The molecule has 2 nitrogen and oxygen atoms in total. The van der Waals surface area contributed by atoms with Gasteiger partial charge in [-0.25, -0.2) is 4.39 Å². The Morgan fingerprint density at radius 1 is 1.21 bits per heavy atom. The lowest BCUT2D eigenvalue weighted by molar-refractivity contribution is 0.536. The molecule has 0 aliphatic carbocycles. The molecule has 0 amide bonds. The Bertz CT molecular complexity index is 308. The molecule has 0 aromatic heterocycles. The van der Waals surface area contributed by atoms with Gasteiger partial charge in [0.1, 0.15) is 5.82 Å². The molecule has 0 fully saturated rings. The lowest BCUT2D eigenvalue weighted by Gasteiger charge is -2.34. The molecule has 2 N–H and O–H groups in total. The predicted molar refractivity (Wildman–Crippen MR) is 59.0 cm³/mol. The molecule has 0 aliphatic heterocycles. The Hall–Kier alpha value is -1.25. The number of hydrogen-bond donors (Lipinski definition) is 1. The summed E-state index contributed by atoms with van der Waals surface area (Å²) in [5.41, 5.74) is 6.79. The van der Waals surface area contributed by atoms with E-state index < -0.39 is 0 Å². The second-order valence-corrected chi connectivity index (χ2v) is 4.47. The third-order valence-electron chi connectivity index (χ3n) is 2.30. The SMILES string of the molecule is CN(c1cc(N)cc(F)c1)C(C)(C)C. The zero-order chi connectivity index (χ0) is 10.9. The number of hydrogen-bond acceptors (Lipinski definition) is 2. The van der Waals surface area contributed by atoms with Gasteiger partial charge in [-0.05, 0) is 39.0 Å². The van der Waals surface area contributed by atoms with Crippen LogP contribution in [0.25, 0.3) is 0 Å². The molecular formula is C11H17FN2. The third kappa shape index (κ3) is 2.37. The molecule has 0 atom stereocenters. The molecule has 0 bridgehead atoms. The summed E-state index contributed by atoms with van der Waals surface area (Å²) in [5, 5.41) is 0. The fraction of sp³-hybridized carbons (Fsp3) is 0.455. The molecule has 0 aliphatic rings. The van der Waals surface area contributed by atoms with Gasteiger partial charge < -0.3 is 10.6 Å². The van der Waals surface area contributed by atoms with E-state index in [-0.39, 0.29) is 11.4 Å². The van der Waals surface area contributed by atoms with E-state index in [9.17, 15) is 4.39 Å². The Kier molecular flexibility index (Phi) is 2.69. The van der Waals surface area contributed by atoms with E-state index in [1.165, 1.54) is 12.1 Å². The maximum Gasteiger partial charge on any atom is 0.127 e. The first-order valence-corrected chi connectivity index (χ1v) is 4.60. The van der Waals surface area contributed by atoms with Gasteiger partial charge in [0, 0.05) is 24.0 Å². The predicted octanol–water partition coefficient (Wildman–Crippen LogP) is 2.64. The Balaban J connectivity index is 3.07. The van der Waals surface area contributed by atoms with Crippen LogP contribution in [0.15, 0.2) is 18.2 Å². The summed E-state index contributed by atoms with van der Waals surface area (Å²) in [6.07, 6.45) is 0. The zero-order valence-electron chi connectivity index (χ0n) is 9.13. The highest BCUT2D eigenvalue weighted by Crippen LogP contribution is 2.24. The van der Waals surface area contributed by atoms with Gasteiger partial charge in [-0.3, -0.25) is 0 Å². The van der Waals surface area contributed by atoms with Gasteiger partial charge in [0.25, 0.3) is 0 Å².